The van der Waals surface area contributed by atoms with E-state index < -0.39 is 0 Å². The molecule has 3 nitrogen and oxygen atoms in total. The van der Waals surface area contributed by atoms with Crippen LogP contribution in [-0.4, -0.2) is 15.0 Å². The quantitative estimate of drug-likeness (QED) is 0.723. The fourth-order valence-electron chi connectivity index (χ4n) is 1.53. The van der Waals surface area contributed by atoms with Crippen molar-refractivity contribution in [3.63, 3.8) is 0 Å². The molecule has 0 radical (unpaired) electrons. The van der Waals surface area contributed by atoms with Gasteiger partial charge in [-0.25, -0.2) is 15.0 Å². The highest BCUT2D eigenvalue weighted by molar-refractivity contribution is 5.69. The van der Waals surface area contributed by atoms with Gasteiger partial charge in [0.1, 0.15) is 5.52 Å². The molecule has 2 aromatic heterocycles. The minimum Gasteiger partial charge on any atom is -0.248 e. The third kappa shape index (κ3) is 1.45. The normalized spacial score (nSPS) is 10.7. The smallest absolute Gasteiger partial charge is 0.178 e. The van der Waals surface area contributed by atoms with Crippen LogP contribution in [0.1, 0.15) is 25.2 Å². The lowest BCUT2D eigenvalue weighted by atomic mass is 10.2. The molecule has 2 aromatic rings. The molecule has 0 saturated carbocycles. The minimum atomic E-state index is 0.751. The lowest BCUT2D eigenvalue weighted by Crippen LogP contribution is -2.00. The van der Waals surface area contributed by atoms with Crippen molar-refractivity contribution in [2.24, 2.45) is 0 Å². The predicted octanol–water partition coefficient (Wildman–Crippen LogP) is 2.15. The van der Waals surface area contributed by atoms with Gasteiger partial charge in [-0.3, -0.25) is 0 Å². The minimum absolute atomic E-state index is 0.751. The second kappa shape index (κ2) is 3.70. The van der Waals surface area contributed by atoms with Crippen LogP contribution in [-0.2, 0) is 12.8 Å². The van der Waals surface area contributed by atoms with Crippen molar-refractivity contribution in [1.82, 2.24) is 15.0 Å². The average molecular weight is 187 g/mol. The first-order valence-electron chi connectivity index (χ1n) is 4.95. The Hall–Kier alpha value is -1.51. The Balaban J connectivity index is 2.69. The van der Waals surface area contributed by atoms with Crippen molar-refractivity contribution in [2.75, 3.05) is 0 Å². The molecule has 72 valence electrons. The molecule has 0 saturated heterocycles. The number of fused-ring (bicyclic) bond motifs is 1. The maximum absolute atomic E-state index is 4.54. The molecular formula is C11H13N3. The van der Waals surface area contributed by atoms with Gasteiger partial charge in [0, 0.05) is 6.20 Å². The second-order valence-corrected chi connectivity index (χ2v) is 3.17. The molecule has 0 aromatic carbocycles. The third-order valence-corrected chi connectivity index (χ3v) is 2.27. The second-order valence-electron chi connectivity index (χ2n) is 3.17. The van der Waals surface area contributed by atoms with Gasteiger partial charge < -0.3 is 0 Å². The molecule has 0 aliphatic heterocycles. The summed E-state index contributed by atoms with van der Waals surface area (Å²) < 4.78 is 0. The van der Waals surface area contributed by atoms with Crippen LogP contribution in [0.15, 0.2) is 18.3 Å². The van der Waals surface area contributed by atoms with Gasteiger partial charge in [0.05, 0.1) is 11.4 Å². The zero-order valence-electron chi connectivity index (χ0n) is 8.49. The van der Waals surface area contributed by atoms with Crippen LogP contribution >= 0.6 is 0 Å². The number of nitrogens with zero attached hydrogens (tertiary/aromatic N) is 3. The SMILES string of the molecule is CCc1nc2cccnc2nc1CC. The van der Waals surface area contributed by atoms with Crippen LogP contribution in [0.5, 0.6) is 0 Å². The summed E-state index contributed by atoms with van der Waals surface area (Å²) in [5.74, 6) is 0. The van der Waals surface area contributed by atoms with E-state index >= 15 is 0 Å². The molecule has 0 unspecified atom stereocenters. The van der Waals surface area contributed by atoms with E-state index in [4.69, 9.17) is 0 Å². The summed E-state index contributed by atoms with van der Waals surface area (Å²) in [4.78, 5) is 13.2. The Morgan fingerprint density at radius 1 is 1.07 bits per heavy atom. The Bertz CT molecular complexity index is 409. The van der Waals surface area contributed by atoms with Crippen LogP contribution in [0, 0.1) is 0 Å². The fourth-order valence-corrected chi connectivity index (χ4v) is 1.53. The van der Waals surface area contributed by atoms with Crippen molar-refractivity contribution in [3.05, 3.63) is 29.7 Å². The predicted molar refractivity (Wildman–Crippen MR) is 56.1 cm³/mol. The van der Waals surface area contributed by atoms with Crippen LogP contribution in [0.25, 0.3) is 11.2 Å². The van der Waals surface area contributed by atoms with Crippen molar-refractivity contribution in [1.29, 1.82) is 0 Å². The van der Waals surface area contributed by atoms with E-state index in [1.807, 2.05) is 12.1 Å². The highest BCUT2D eigenvalue weighted by Gasteiger charge is 2.05. The Kier molecular flexibility index (Phi) is 2.39. The van der Waals surface area contributed by atoms with E-state index in [0.29, 0.717) is 0 Å². The van der Waals surface area contributed by atoms with E-state index in [0.717, 1.165) is 35.4 Å². The van der Waals surface area contributed by atoms with Crippen molar-refractivity contribution in [2.45, 2.75) is 26.7 Å². The first-order valence-corrected chi connectivity index (χ1v) is 4.95. The standard InChI is InChI=1S/C11H13N3/c1-3-8-9(4-2)14-11-10(13-8)6-5-7-12-11/h5-7H,3-4H2,1-2H3. The maximum atomic E-state index is 4.54. The van der Waals surface area contributed by atoms with Crippen LogP contribution < -0.4 is 0 Å². The Morgan fingerprint density at radius 2 is 1.79 bits per heavy atom. The number of hydrogen-bond donors (Lipinski definition) is 0. The summed E-state index contributed by atoms with van der Waals surface area (Å²) in [6.07, 6.45) is 3.60. The first-order chi connectivity index (χ1) is 6.85. The molecule has 0 bridgehead atoms. The Labute approximate surface area is 83.2 Å². The summed E-state index contributed by atoms with van der Waals surface area (Å²) in [5, 5.41) is 0. The molecule has 2 rings (SSSR count). The van der Waals surface area contributed by atoms with E-state index in [1.165, 1.54) is 0 Å². The summed E-state index contributed by atoms with van der Waals surface area (Å²) in [7, 11) is 0. The van der Waals surface area contributed by atoms with Crippen LogP contribution in [0.2, 0.25) is 0 Å². The van der Waals surface area contributed by atoms with Crippen molar-refractivity contribution in [3.8, 4) is 0 Å². The van der Waals surface area contributed by atoms with Gasteiger partial charge in [0.25, 0.3) is 0 Å². The highest BCUT2D eigenvalue weighted by Crippen LogP contribution is 2.11. The van der Waals surface area contributed by atoms with Gasteiger partial charge in [0.15, 0.2) is 5.65 Å². The lowest BCUT2D eigenvalue weighted by Gasteiger charge is -2.04. The number of rotatable bonds is 2. The summed E-state index contributed by atoms with van der Waals surface area (Å²) in [6, 6.07) is 3.84. The largest absolute Gasteiger partial charge is 0.248 e. The van der Waals surface area contributed by atoms with Gasteiger partial charge >= 0.3 is 0 Å². The average Bonchev–Trinajstić information content (AvgIpc) is 2.27. The third-order valence-electron chi connectivity index (χ3n) is 2.27. The molecule has 14 heavy (non-hydrogen) atoms. The molecule has 0 fully saturated rings. The number of aromatic nitrogens is 3. The highest BCUT2D eigenvalue weighted by atomic mass is 14.9. The zero-order valence-corrected chi connectivity index (χ0v) is 8.49. The molecular weight excluding hydrogens is 174 g/mol. The van der Waals surface area contributed by atoms with Gasteiger partial charge in [-0.15, -0.1) is 0 Å². The molecule has 0 spiro atoms. The zero-order chi connectivity index (χ0) is 9.97. The molecule has 0 aliphatic carbocycles. The van der Waals surface area contributed by atoms with Gasteiger partial charge in [-0.1, -0.05) is 13.8 Å². The number of hydrogen-bond acceptors (Lipinski definition) is 3. The van der Waals surface area contributed by atoms with Crippen LogP contribution in [0.3, 0.4) is 0 Å². The number of pyridine rings is 1. The van der Waals surface area contributed by atoms with E-state index in [2.05, 4.69) is 28.8 Å². The molecule has 0 atom stereocenters. The van der Waals surface area contributed by atoms with Gasteiger partial charge in [-0.05, 0) is 25.0 Å². The molecule has 0 aliphatic rings. The Morgan fingerprint density at radius 3 is 2.50 bits per heavy atom. The van der Waals surface area contributed by atoms with Crippen molar-refractivity contribution >= 4 is 11.2 Å². The van der Waals surface area contributed by atoms with Gasteiger partial charge in [-0.2, -0.15) is 0 Å². The van der Waals surface area contributed by atoms with Crippen molar-refractivity contribution < 1.29 is 0 Å². The fraction of sp³-hybridized carbons (Fsp3) is 0.364. The topological polar surface area (TPSA) is 38.7 Å². The van der Waals surface area contributed by atoms with Gasteiger partial charge in [0.2, 0.25) is 0 Å². The van der Waals surface area contributed by atoms with E-state index in [1.54, 1.807) is 6.20 Å². The first kappa shape index (κ1) is 9.06. The van der Waals surface area contributed by atoms with Crippen LogP contribution in [0.4, 0.5) is 0 Å². The molecule has 0 N–H and O–H groups in total. The molecule has 2 heterocycles. The molecule has 3 heteroatoms. The summed E-state index contributed by atoms with van der Waals surface area (Å²) in [5.41, 5.74) is 3.80. The number of aryl methyl sites for hydroxylation is 2. The summed E-state index contributed by atoms with van der Waals surface area (Å²) >= 11 is 0. The summed E-state index contributed by atoms with van der Waals surface area (Å²) in [6.45, 7) is 4.20. The maximum Gasteiger partial charge on any atom is 0.178 e. The molecule has 0 amide bonds. The van der Waals surface area contributed by atoms with E-state index in [-0.39, 0.29) is 0 Å². The van der Waals surface area contributed by atoms with E-state index in [9.17, 15) is 0 Å². The monoisotopic (exact) mass is 187 g/mol. The lowest BCUT2D eigenvalue weighted by molar-refractivity contribution is 0.924.